The number of carbonyl (C=O) groups is 3. The van der Waals surface area contributed by atoms with E-state index in [0.717, 1.165) is 5.56 Å². The van der Waals surface area contributed by atoms with E-state index in [0.29, 0.717) is 17.1 Å². The largest absolute Gasteiger partial charge is 0.482 e. The molecule has 3 aromatic rings. The van der Waals surface area contributed by atoms with Gasteiger partial charge in [0.15, 0.2) is 13.2 Å². The third kappa shape index (κ3) is 6.71. The highest BCUT2D eigenvalue weighted by Crippen LogP contribution is 2.18. The number of rotatable bonds is 8. The summed E-state index contributed by atoms with van der Waals surface area (Å²) in [6.45, 7) is 1.12. The highest BCUT2D eigenvalue weighted by molar-refractivity contribution is 6.10. The van der Waals surface area contributed by atoms with Gasteiger partial charge in [0.25, 0.3) is 11.8 Å². The Balaban J connectivity index is 1.53. The van der Waals surface area contributed by atoms with Crippen LogP contribution in [0.1, 0.15) is 15.9 Å². The van der Waals surface area contributed by atoms with Crippen molar-refractivity contribution < 1.29 is 23.9 Å². The smallest absolute Gasteiger partial charge is 0.344 e. The van der Waals surface area contributed by atoms with Crippen molar-refractivity contribution in [3.8, 4) is 5.75 Å². The van der Waals surface area contributed by atoms with Gasteiger partial charge in [0.05, 0.1) is 11.3 Å². The van der Waals surface area contributed by atoms with Gasteiger partial charge in [-0.05, 0) is 48.9 Å². The standard InChI is InChI=1S/C24H22N2O5/c1-17-8-7-9-18(14-17)25-24(29)20-12-5-6-13-21(20)26-22(27)15-31-23(28)16-30-19-10-3-2-4-11-19/h2-14H,15-16H2,1H3,(H,25,29)(H,26,27). The number of ether oxygens (including phenoxy) is 2. The zero-order chi connectivity index (χ0) is 22.1. The number of esters is 1. The summed E-state index contributed by atoms with van der Waals surface area (Å²) in [5.74, 6) is -1.08. The van der Waals surface area contributed by atoms with Crippen LogP contribution >= 0.6 is 0 Å². The third-order valence-electron chi connectivity index (χ3n) is 4.19. The molecule has 7 nitrogen and oxygen atoms in total. The first-order chi connectivity index (χ1) is 15.0. The highest BCUT2D eigenvalue weighted by atomic mass is 16.6. The molecule has 7 heteroatoms. The fourth-order valence-corrected chi connectivity index (χ4v) is 2.74. The normalized spacial score (nSPS) is 10.1. The van der Waals surface area contributed by atoms with Gasteiger partial charge in [-0.2, -0.15) is 0 Å². The average molecular weight is 418 g/mol. The van der Waals surface area contributed by atoms with E-state index in [1.165, 1.54) is 0 Å². The van der Waals surface area contributed by atoms with Crippen LogP contribution in [-0.2, 0) is 14.3 Å². The van der Waals surface area contributed by atoms with Crippen LogP contribution < -0.4 is 15.4 Å². The highest BCUT2D eigenvalue weighted by Gasteiger charge is 2.15. The molecule has 3 aromatic carbocycles. The lowest BCUT2D eigenvalue weighted by atomic mass is 10.1. The fourth-order valence-electron chi connectivity index (χ4n) is 2.74. The molecule has 0 fully saturated rings. The lowest BCUT2D eigenvalue weighted by Gasteiger charge is -2.12. The molecule has 0 saturated carbocycles. The van der Waals surface area contributed by atoms with Crippen molar-refractivity contribution in [2.45, 2.75) is 6.92 Å². The third-order valence-corrected chi connectivity index (χ3v) is 4.19. The first-order valence-corrected chi connectivity index (χ1v) is 9.61. The summed E-state index contributed by atoms with van der Waals surface area (Å²) in [6, 6.07) is 22.8. The molecule has 0 bridgehead atoms. The lowest BCUT2D eigenvalue weighted by molar-refractivity contribution is -0.149. The number of amides is 2. The summed E-state index contributed by atoms with van der Waals surface area (Å²) in [4.78, 5) is 36.6. The predicted molar refractivity (Wildman–Crippen MR) is 117 cm³/mol. The average Bonchev–Trinajstić information content (AvgIpc) is 2.77. The summed E-state index contributed by atoms with van der Waals surface area (Å²) >= 11 is 0. The van der Waals surface area contributed by atoms with Crippen LogP contribution in [0.5, 0.6) is 5.75 Å². The van der Waals surface area contributed by atoms with E-state index in [9.17, 15) is 14.4 Å². The van der Waals surface area contributed by atoms with E-state index in [4.69, 9.17) is 9.47 Å². The van der Waals surface area contributed by atoms with E-state index < -0.39 is 18.5 Å². The Hall–Kier alpha value is -4.13. The van der Waals surface area contributed by atoms with E-state index in [2.05, 4.69) is 10.6 Å². The minimum atomic E-state index is -0.676. The molecule has 0 saturated heterocycles. The number of para-hydroxylation sites is 2. The molecule has 31 heavy (non-hydrogen) atoms. The maximum Gasteiger partial charge on any atom is 0.344 e. The number of carbonyl (C=O) groups excluding carboxylic acids is 3. The number of hydrogen-bond donors (Lipinski definition) is 2. The van der Waals surface area contributed by atoms with Crippen molar-refractivity contribution >= 4 is 29.2 Å². The van der Waals surface area contributed by atoms with E-state index in [-0.39, 0.29) is 18.1 Å². The van der Waals surface area contributed by atoms with Crippen molar-refractivity contribution in [3.63, 3.8) is 0 Å². The van der Waals surface area contributed by atoms with Gasteiger partial charge >= 0.3 is 5.97 Å². The van der Waals surface area contributed by atoms with Crippen molar-refractivity contribution in [1.82, 2.24) is 0 Å². The summed E-state index contributed by atoms with van der Waals surface area (Å²) in [7, 11) is 0. The van der Waals surface area contributed by atoms with Gasteiger partial charge in [-0.15, -0.1) is 0 Å². The van der Waals surface area contributed by atoms with Crippen LogP contribution in [0.4, 0.5) is 11.4 Å². The van der Waals surface area contributed by atoms with Crippen LogP contribution in [0.25, 0.3) is 0 Å². The predicted octanol–water partition coefficient (Wildman–Crippen LogP) is 3.81. The van der Waals surface area contributed by atoms with Crippen LogP contribution in [0.15, 0.2) is 78.9 Å². The SMILES string of the molecule is Cc1cccc(NC(=O)c2ccccc2NC(=O)COC(=O)COc2ccccc2)c1. The van der Waals surface area contributed by atoms with Gasteiger partial charge in [0.1, 0.15) is 5.75 Å². The number of aryl methyl sites for hydroxylation is 1. The molecule has 0 aromatic heterocycles. The Morgan fingerprint density at radius 2 is 1.55 bits per heavy atom. The second kappa shape index (κ2) is 10.6. The summed E-state index contributed by atoms with van der Waals surface area (Å²) in [6.07, 6.45) is 0. The molecular weight excluding hydrogens is 396 g/mol. The molecule has 0 aliphatic carbocycles. The number of nitrogens with one attached hydrogen (secondary N) is 2. The fraction of sp³-hybridized carbons (Fsp3) is 0.125. The van der Waals surface area contributed by atoms with Gasteiger partial charge in [-0.1, -0.05) is 42.5 Å². The molecular formula is C24H22N2O5. The minimum Gasteiger partial charge on any atom is -0.482 e. The molecule has 0 aliphatic heterocycles. The maximum absolute atomic E-state index is 12.6. The molecule has 0 spiro atoms. The molecule has 0 heterocycles. The van der Waals surface area contributed by atoms with Gasteiger partial charge in [-0.3, -0.25) is 9.59 Å². The summed E-state index contributed by atoms with van der Waals surface area (Å²) in [5, 5.41) is 5.40. The second-order valence-corrected chi connectivity index (χ2v) is 6.68. The zero-order valence-corrected chi connectivity index (χ0v) is 17.0. The summed E-state index contributed by atoms with van der Waals surface area (Å²) < 4.78 is 10.2. The van der Waals surface area contributed by atoms with Crippen molar-refractivity contribution in [2.75, 3.05) is 23.8 Å². The van der Waals surface area contributed by atoms with Crippen molar-refractivity contribution in [3.05, 3.63) is 90.0 Å². The van der Waals surface area contributed by atoms with E-state index in [1.54, 1.807) is 54.6 Å². The Morgan fingerprint density at radius 1 is 0.806 bits per heavy atom. The molecule has 0 aliphatic rings. The maximum atomic E-state index is 12.6. The van der Waals surface area contributed by atoms with Gasteiger partial charge < -0.3 is 20.1 Å². The molecule has 3 rings (SSSR count). The second-order valence-electron chi connectivity index (χ2n) is 6.68. The quantitative estimate of drug-likeness (QED) is 0.543. The van der Waals surface area contributed by atoms with Crippen LogP contribution in [0.2, 0.25) is 0 Å². The molecule has 0 radical (unpaired) electrons. The molecule has 0 atom stereocenters. The van der Waals surface area contributed by atoms with Gasteiger partial charge in [0, 0.05) is 5.69 Å². The lowest BCUT2D eigenvalue weighted by Crippen LogP contribution is -2.25. The van der Waals surface area contributed by atoms with Crippen molar-refractivity contribution in [1.29, 1.82) is 0 Å². The van der Waals surface area contributed by atoms with Crippen LogP contribution in [0, 0.1) is 6.92 Å². The number of benzene rings is 3. The van der Waals surface area contributed by atoms with Gasteiger partial charge in [-0.25, -0.2) is 4.79 Å². The molecule has 0 unspecified atom stereocenters. The van der Waals surface area contributed by atoms with E-state index in [1.807, 2.05) is 31.2 Å². The first-order valence-electron chi connectivity index (χ1n) is 9.61. The van der Waals surface area contributed by atoms with Crippen molar-refractivity contribution in [2.24, 2.45) is 0 Å². The topological polar surface area (TPSA) is 93.7 Å². The van der Waals surface area contributed by atoms with Crippen LogP contribution in [-0.4, -0.2) is 31.0 Å². The van der Waals surface area contributed by atoms with Crippen LogP contribution in [0.3, 0.4) is 0 Å². The summed E-state index contributed by atoms with van der Waals surface area (Å²) in [5.41, 5.74) is 2.27. The minimum absolute atomic E-state index is 0.288. The molecule has 158 valence electrons. The Kier molecular flexibility index (Phi) is 7.37. The molecule has 2 N–H and O–H groups in total. The molecule has 2 amide bonds. The number of hydrogen-bond acceptors (Lipinski definition) is 5. The Labute approximate surface area is 180 Å². The zero-order valence-electron chi connectivity index (χ0n) is 17.0. The van der Waals surface area contributed by atoms with E-state index >= 15 is 0 Å². The van der Waals surface area contributed by atoms with Gasteiger partial charge in [0.2, 0.25) is 0 Å². The first kappa shape index (κ1) is 21.6. The Morgan fingerprint density at radius 3 is 2.32 bits per heavy atom. The number of anilines is 2. The monoisotopic (exact) mass is 418 g/mol. The Bertz CT molecular complexity index is 1070.